The first kappa shape index (κ1) is 17.7. The molecule has 1 aliphatic rings. The Bertz CT molecular complexity index is 653. The van der Waals surface area contributed by atoms with E-state index in [9.17, 15) is 4.79 Å². The molecule has 7 heteroatoms. The van der Waals surface area contributed by atoms with E-state index in [0.717, 1.165) is 12.0 Å². The number of hydrogen-bond acceptors (Lipinski definition) is 6. The number of amides is 1. The van der Waals surface area contributed by atoms with Crippen molar-refractivity contribution in [1.82, 2.24) is 15.5 Å². The van der Waals surface area contributed by atoms with Gasteiger partial charge in [-0.25, -0.2) is 0 Å². The molecule has 2 atom stereocenters. The lowest BCUT2D eigenvalue weighted by molar-refractivity contribution is -0.121. The molecule has 1 aliphatic carbocycles. The second-order valence-electron chi connectivity index (χ2n) is 6.54. The number of aryl methyl sites for hydroxylation is 1. The molecule has 7 nitrogen and oxygen atoms in total. The lowest BCUT2D eigenvalue weighted by Gasteiger charge is -2.28. The summed E-state index contributed by atoms with van der Waals surface area (Å²) in [4.78, 5) is 16.1. The van der Waals surface area contributed by atoms with E-state index in [4.69, 9.17) is 13.7 Å². The average molecular weight is 347 g/mol. The van der Waals surface area contributed by atoms with Gasteiger partial charge in [0.2, 0.25) is 17.6 Å². The fourth-order valence-electron chi connectivity index (χ4n) is 3.10. The third kappa shape index (κ3) is 5.16. The van der Waals surface area contributed by atoms with Crippen molar-refractivity contribution < 1.29 is 18.5 Å². The van der Waals surface area contributed by atoms with Gasteiger partial charge in [0.05, 0.1) is 24.5 Å². The van der Waals surface area contributed by atoms with E-state index in [2.05, 4.69) is 22.4 Å². The summed E-state index contributed by atoms with van der Waals surface area (Å²) in [6, 6.07) is 1.76. The number of nitrogens with one attached hydrogen (secondary N) is 1. The Labute approximate surface area is 147 Å². The van der Waals surface area contributed by atoms with Gasteiger partial charge < -0.3 is 19.0 Å². The monoisotopic (exact) mass is 347 g/mol. The first-order chi connectivity index (χ1) is 12.2. The summed E-state index contributed by atoms with van der Waals surface area (Å²) in [6.07, 6.45) is 9.08. The smallest absolute Gasteiger partial charge is 0.227 e. The van der Waals surface area contributed by atoms with Crippen LogP contribution >= 0.6 is 0 Å². The SMILES string of the molecule is C[C@@H]1CCCC[C@@H]1OCCNC(=O)CCc1nc(-c2ccoc2)no1. The summed E-state index contributed by atoms with van der Waals surface area (Å²) in [5.74, 6) is 1.49. The van der Waals surface area contributed by atoms with Crippen LogP contribution in [0.2, 0.25) is 0 Å². The zero-order valence-electron chi connectivity index (χ0n) is 14.6. The highest BCUT2D eigenvalue weighted by molar-refractivity contribution is 5.76. The zero-order valence-corrected chi connectivity index (χ0v) is 14.6. The van der Waals surface area contributed by atoms with E-state index in [1.807, 2.05) is 0 Å². The zero-order chi connectivity index (χ0) is 17.5. The highest BCUT2D eigenvalue weighted by Crippen LogP contribution is 2.26. The van der Waals surface area contributed by atoms with Gasteiger partial charge in [0.1, 0.15) is 6.26 Å². The topological polar surface area (TPSA) is 90.4 Å². The van der Waals surface area contributed by atoms with Gasteiger partial charge >= 0.3 is 0 Å². The van der Waals surface area contributed by atoms with Gasteiger partial charge in [-0.05, 0) is 24.8 Å². The molecule has 0 spiro atoms. The van der Waals surface area contributed by atoms with Gasteiger partial charge in [0, 0.05) is 19.4 Å². The van der Waals surface area contributed by atoms with Gasteiger partial charge in [-0.15, -0.1) is 0 Å². The molecular formula is C18H25N3O4. The summed E-state index contributed by atoms with van der Waals surface area (Å²) in [5, 5.41) is 6.75. The fourth-order valence-corrected chi connectivity index (χ4v) is 3.10. The number of rotatable bonds is 8. The maximum Gasteiger partial charge on any atom is 0.227 e. The summed E-state index contributed by atoms with van der Waals surface area (Å²) in [5.41, 5.74) is 0.758. The van der Waals surface area contributed by atoms with Crippen LogP contribution in [0.3, 0.4) is 0 Å². The van der Waals surface area contributed by atoms with E-state index in [1.54, 1.807) is 18.6 Å². The van der Waals surface area contributed by atoms with E-state index in [1.165, 1.54) is 19.3 Å². The van der Waals surface area contributed by atoms with Crippen LogP contribution in [0.15, 0.2) is 27.5 Å². The largest absolute Gasteiger partial charge is 0.472 e. The van der Waals surface area contributed by atoms with Crippen molar-refractivity contribution in [1.29, 1.82) is 0 Å². The van der Waals surface area contributed by atoms with Gasteiger partial charge in [-0.3, -0.25) is 4.79 Å². The average Bonchev–Trinajstić information content (AvgIpc) is 3.29. The number of furan rings is 1. The van der Waals surface area contributed by atoms with Crippen LogP contribution in [-0.4, -0.2) is 35.3 Å². The minimum Gasteiger partial charge on any atom is -0.472 e. The van der Waals surface area contributed by atoms with E-state index in [0.29, 0.717) is 49.7 Å². The van der Waals surface area contributed by atoms with Crippen LogP contribution in [0.1, 0.15) is 44.9 Å². The number of carbonyl (C=O) groups is 1. The summed E-state index contributed by atoms with van der Waals surface area (Å²) < 4.78 is 16.0. The number of hydrogen-bond donors (Lipinski definition) is 1. The molecule has 1 fully saturated rings. The van der Waals surface area contributed by atoms with Crippen LogP contribution in [0.4, 0.5) is 0 Å². The molecule has 2 aromatic heterocycles. The Balaban J connectivity index is 1.32. The lowest BCUT2D eigenvalue weighted by atomic mass is 9.88. The number of ether oxygens (including phenoxy) is 1. The molecule has 0 radical (unpaired) electrons. The Morgan fingerprint density at radius 1 is 1.40 bits per heavy atom. The Hall–Kier alpha value is -2.15. The maximum absolute atomic E-state index is 11.9. The predicted octanol–water partition coefficient (Wildman–Crippen LogP) is 2.97. The van der Waals surface area contributed by atoms with Gasteiger partial charge in [-0.1, -0.05) is 24.9 Å². The Morgan fingerprint density at radius 2 is 2.28 bits per heavy atom. The molecule has 0 aromatic carbocycles. The van der Waals surface area contributed by atoms with Crippen molar-refractivity contribution in [2.75, 3.05) is 13.2 Å². The van der Waals surface area contributed by atoms with Gasteiger partial charge in [-0.2, -0.15) is 4.98 Å². The second-order valence-corrected chi connectivity index (χ2v) is 6.54. The molecule has 0 aliphatic heterocycles. The van der Waals surface area contributed by atoms with Crippen molar-refractivity contribution in [2.45, 2.75) is 51.6 Å². The van der Waals surface area contributed by atoms with Crippen molar-refractivity contribution >= 4 is 5.91 Å². The summed E-state index contributed by atoms with van der Waals surface area (Å²) >= 11 is 0. The molecule has 0 unspecified atom stereocenters. The number of nitrogens with zero attached hydrogens (tertiary/aromatic N) is 2. The van der Waals surface area contributed by atoms with Crippen molar-refractivity contribution in [3.8, 4) is 11.4 Å². The van der Waals surface area contributed by atoms with Gasteiger partial charge in [0.25, 0.3) is 0 Å². The molecule has 0 saturated heterocycles. The standard InChI is InChI=1S/C18H25N3O4/c1-13-4-2-3-5-15(13)24-11-9-19-16(22)6-7-17-20-18(21-25-17)14-8-10-23-12-14/h8,10,12-13,15H,2-7,9,11H2,1H3,(H,19,22)/t13-,15+/m1/s1. The quantitative estimate of drug-likeness (QED) is 0.738. The fraction of sp³-hybridized carbons (Fsp3) is 0.611. The molecular weight excluding hydrogens is 322 g/mol. The second kappa shape index (κ2) is 8.80. The van der Waals surface area contributed by atoms with Crippen LogP contribution < -0.4 is 5.32 Å². The molecule has 1 N–H and O–H groups in total. The summed E-state index contributed by atoms with van der Waals surface area (Å²) in [6.45, 7) is 3.34. The number of aromatic nitrogens is 2. The molecule has 1 saturated carbocycles. The van der Waals surface area contributed by atoms with Crippen molar-refractivity contribution in [3.05, 3.63) is 24.5 Å². The number of carbonyl (C=O) groups excluding carboxylic acids is 1. The van der Waals surface area contributed by atoms with Crippen molar-refractivity contribution in [3.63, 3.8) is 0 Å². The van der Waals surface area contributed by atoms with Crippen molar-refractivity contribution in [2.24, 2.45) is 5.92 Å². The van der Waals surface area contributed by atoms with Crippen LogP contribution in [0.25, 0.3) is 11.4 Å². The molecule has 2 heterocycles. The third-order valence-corrected chi connectivity index (χ3v) is 4.60. The van der Waals surface area contributed by atoms with E-state index in [-0.39, 0.29) is 5.91 Å². The highest BCUT2D eigenvalue weighted by Gasteiger charge is 2.21. The van der Waals surface area contributed by atoms with Gasteiger partial charge in [0.15, 0.2) is 0 Å². The Kier molecular flexibility index (Phi) is 6.22. The minimum atomic E-state index is -0.0386. The normalized spacial score (nSPS) is 20.5. The maximum atomic E-state index is 11.9. The Morgan fingerprint density at radius 3 is 3.08 bits per heavy atom. The molecule has 0 bridgehead atoms. The van der Waals surface area contributed by atoms with E-state index < -0.39 is 0 Å². The predicted molar refractivity (Wildman–Crippen MR) is 90.7 cm³/mol. The van der Waals surface area contributed by atoms with Crippen LogP contribution in [-0.2, 0) is 16.0 Å². The molecule has 2 aromatic rings. The minimum absolute atomic E-state index is 0.0386. The molecule has 1 amide bonds. The van der Waals surface area contributed by atoms with E-state index >= 15 is 0 Å². The van der Waals surface area contributed by atoms with Crippen LogP contribution in [0, 0.1) is 5.92 Å². The van der Waals surface area contributed by atoms with Crippen LogP contribution in [0.5, 0.6) is 0 Å². The summed E-state index contributed by atoms with van der Waals surface area (Å²) in [7, 11) is 0. The molecule has 25 heavy (non-hydrogen) atoms. The first-order valence-electron chi connectivity index (χ1n) is 8.96. The third-order valence-electron chi connectivity index (χ3n) is 4.60. The molecule has 136 valence electrons. The molecule has 3 rings (SSSR count). The highest BCUT2D eigenvalue weighted by atomic mass is 16.5. The first-order valence-corrected chi connectivity index (χ1v) is 8.96. The lowest BCUT2D eigenvalue weighted by Crippen LogP contribution is -2.31.